The fourth-order valence-corrected chi connectivity index (χ4v) is 3.34. The fourth-order valence-electron chi connectivity index (χ4n) is 3.21. The maximum atomic E-state index is 11.6. The summed E-state index contributed by atoms with van der Waals surface area (Å²) in [7, 11) is 0. The maximum absolute atomic E-state index is 11.6. The van der Waals surface area contributed by atoms with Crippen molar-refractivity contribution in [2.24, 2.45) is 10.7 Å². The molecule has 0 fully saturated rings. The van der Waals surface area contributed by atoms with Gasteiger partial charge in [-0.3, -0.25) is 14.4 Å². The van der Waals surface area contributed by atoms with Crippen molar-refractivity contribution in [3.05, 3.63) is 76.3 Å². The Kier molecular flexibility index (Phi) is 4.05. The second-order valence-electron chi connectivity index (χ2n) is 6.13. The molecule has 1 aromatic heterocycles. The molecule has 4 rings (SSSR count). The van der Waals surface area contributed by atoms with Gasteiger partial charge in [0.05, 0.1) is 17.8 Å². The molecule has 0 radical (unpaired) electrons. The van der Waals surface area contributed by atoms with Gasteiger partial charge in [-0.15, -0.1) is 10.2 Å². The molecular formula is C19H16ClN5O. The molecule has 1 atom stereocenters. The van der Waals surface area contributed by atoms with Gasteiger partial charge in [0.2, 0.25) is 5.91 Å². The van der Waals surface area contributed by atoms with E-state index in [1.54, 1.807) is 0 Å². The first-order valence-electron chi connectivity index (χ1n) is 8.18. The minimum absolute atomic E-state index is 0.0587. The van der Waals surface area contributed by atoms with Crippen LogP contribution in [0.1, 0.15) is 35.2 Å². The number of para-hydroxylation sites is 1. The number of aryl methyl sites for hydroxylation is 1. The van der Waals surface area contributed by atoms with Crippen molar-refractivity contribution in [2.45, 2.75) is 19.4 Å². The number of halogens is 1. The molecule has 26 heavy (non-hydrogen) atoms. The standard InChI is InChI=1S/C19H16ClN5O/c1-11-23-24-19-15(10-17(21)26)22-18(12-6-8-13(20)9-7-12)14-4-2-3-5-16(14)25(11)19/h2-9,15H,10H2,1H3,(H2,21,26)/t15-/m0/s1. The summed E-state index contributed by atoms with van der Waals surface area (Å²) in [5.41, 5.74) is 9.00. The van der Waals surface area contributed by atoms with Crippen LogP contribution in [-0.4, -0.2) is 26.4 Å². The average Bonchev–Trinajstić information content (AvgIpc) is 2.94. The van der Waals surface area contributed by atoms with Crippen molar-refractivity contribution in [1.82, 2.24) is 14.8 Å². The van der Waals surface area contributed by atoms with E-state index in [1.165, 1.54) is 0 Å². The average molecular weight is 366 g/mol. The molecular weight excluding hydrogens is 350 g/mol. The van der Waals surface area contributed by atoms with Crippen LogP contribution in [0.4, 0.5) is 0 Å². The van der Waals surface area contributed by atoms with Gasteiger partial charge in [0.25, 0.3) is 0 Å². The van der Waals surface area contributed by atoms with Crippen molar-refractivity contribution in [3.63, 3.8) is 0 Å². The lowest BCUT2D eigenvalue weighted by Crippen LogP contribution is -2.17. The van der Waals surface area contributed by atoms with E-state index in [0.29, 0.717) is 10.8 Å². The van der Waals surface area contributed by atoms with Crippen LogP contribution < -0.4 is 5.73 Å². The molecule has 2 N–H and O–H groups in total. The van der Waals surface area contributed by atoms with E-state index in [-0.39, 0.29) is 6.42 Å². The summed E-state index contributed by atoms with van der Waals surface area (Å²) < 4.78 is 1.94. The summed E-state index contributed by atoms with van der Waals surface area (Å²) in [6.45, 7) is 1.88. The van der Waals surface area contributed by atoms with E-state index >= 15 is 0 Å². The van der Waals surface area contributed by atoms with Gasteiger partial charge in [0.15, 0.2) is 5.82 Å². The first-order valence-corrected chi connectivity index (χ1v) is 8.56. The first kappa shape index (κ1) is 16.5. The third-order valence-corrected chi connectivity index (χ3v) is 4.60. The number of carbonyl (C=O) groups is 1. The van der Waals surface area contributed by atoms with Gasteiger partial charge < -0.3 is 5.73 Å². The van der Waals surface area contributed by atoms with Gasteiger partial charge >= 0.3 is 0 Å². The van der Waals surface area contributed by atoms with Gasteiger partial charge in [-0.05, 0) is 25.1 Å². The summed E-state index contributed by atoms with van der Waals surface area (Å²) >= 11 is 6.03. The van der Waals surface area contributed by atoms with Crippen LogP contribution in [0, 0.1) is 6.92 Å². The Morgan fingerprint density at radius 3 is 2.62 bits per heavy atom. The number of fused-ring (bicyclic) bond motifs is 3. The van der Waals surface area contributed by atoms with E-state index in [9.17, 15) is 4.79 Å². The number of aromatic nitrogens is 3. The number of nitrogens with two attached hydrogens (primary N) is 1. The lowest BCUT2D eigenvalue weighted by molar-refractivity contribution is -0.118. The van der Waals surface area contributed by atoms with Gasteiger partial charge in [-0.1, -0.05) is 41.9 Å². The highest BCUT2D eigenvalue weighted by Crippen LogP contribution is 2.32. The van der Waals surface area contributed by atoms with Crippen LogP contribution in [0.3, 0.4) is 0 Å². The summed E-state index contributed by atoms with van der Waals surface area (Å²) in [5, 5.41) is 9.10. The SMILES string of the molecule is Cc1nnc2n1-c1ccccc1C(c1ccc(Cl)cc1)=N[C@H]2CC(N)=O. The van der Waals surface area contributed by atoms with Crippen LogP contribution in [0.5, 0.6) is 0 Å². The molecule has 0 aliphatic carbocycles. The van der Waals surface area contributed by atoms with Crippen LogP contribution in [-0.2, 0) is 4.79 Å². The number of amides is 1. The predicted molar refractivity (Wildman–Crippen MR) is 99.7 cm³/mol. The highest BCUT2D eigenvalue weighted by Gasteiger charge is 2.28. The number of rotatable bonds is 3. The highest BCUT2D eigenvalue weighted by atomic mass is 35.5. The number of hydrogen-bond donors (Lipinski definition) is 1. The highest BCUT2D eigenvalue weighted by molar-refractivity contribution is 6.30. The predicted octanol–water partition coefficient (Wildman–Crippen LogP) is 3.00. The first-order chi connectivity index (χ1) is 12.5. The molecule has 1 aliphatic heterocycles. The third-order valence-electron chi connectivity index (χ3n) is 4.35. The number of nitrogens with zero attached hydrogens (tertiary/aromatic N) is 4. The molecule has 2 heterocycles. The molecule has 0 spiro atoms. The number of aliphatic imine (C=N–C) groups is 1. The van der Waals surface area contributed by atoms with Crippen molar-refractivity contribution in [2.75, 3.05) is 0 Å². The maximum Gasteiger partial charge on any atom is 0.220 e. The molecule has 2 aromatic carbocycles. The van der Waals surface area contributed by atoms with Crippen molar-refractivity contribution in [3.8, 4) is 5.69 Å². The van der Waals surface area contributed by atoms with E-state index in [2.05, 4.69) is 10.2 Å². The Balaban J connectivity index is 1.99. The largest absolute Gasteiger partial charge is 0.370 e. The zero-order valence-electron chi connectivity index (χ0n) is 14.1. The Hall–Kier alpha value is -2.99. The molecule has 1 amide bonds. The molecule has 6 nitrogen and oxygen atoms in total. The normalized spacial score (nSPS) is 15.6. The number of primary amides is 1. The molecule has 0 unspecified atom stereocenters. The zero-order chi connectivity index (χ0) is 18.3. The molecule has 3 aromatic rings. The Labute approximate surface area is 155 Å². The Morgan fingerprint density at radius 2 is 1.88 bits per heavy atom. The fraction of sp³-hybridized carbons (Fsp3) is 0.158. The quantitative estimate of drug-likeness (QED) is 0.774. The Morgan fingerprint density at radius 1 is 1.15 bits per heavy atom. The number of benzene rings is 2. The van der Waals surface area contributed by atoms with E-state index in [1.807, 2.05) is 60.0 Å². The van der Waals surface area contributed by atoms with E-state index in [4.69, 9.17) is 22.3 Å². The van der Waals surface area contributed by atoms with Gasteiger partial charge in [-0.25, -0.2) is 0 Å². The minimum Gasteiger partial charge on any atom is -0.370 e. The lowest BCUT2D eigenvalue weighted by Gasteiger charge is -2.12. The number of carbonyl (C=O) groups excluding carboxylic acids is 1. The molecule has 0 saturated heterocycles. The molecule has 0 saturated carbocycles. The van der Waals surface area contributed by atoms with Crippen molar-refractivity contribution >= 4 is 23.2 Å². The van der Waals surface area contributed by atoms with Crippen molar-refractivity contribution < 1.29 is 4.79 Å². The van der Waals surface area contributed by atoms with E-state index in [0.717, 1.165) is 28.4 Å². The molecule has 1 aliphatic rings. The van der Waals surface area contributed by atoms with E-state index < -0.39 is 11.9 Å². The van der Waals surface area contributed by atoms with Crippen LogP contribution in [0.15, 0.2) is 53.5 Å². The van der Waals surface area contributed by atoms with Gasteiger partial charge in [0.1, 0.15) is 11.9 Å². The summed E-state index contributed by atoms with van der Waals surface area (Å²) in [6, 6.07) is 14.9. The van der Waals surface area contributed by atoms with Gasteiger partial charge in [-0.2, -0.15) is 0 Å². The second kappa shape index (κ2) is 6.38. The minimum atomic E-state index is -0.508. The molecule has 7 heteroatoms. The molecule has 130 valence electrons. The molecule has 0 bridgehead atoms. The monoisotopic (exact) mass is 365 g/mol. The van der Waals surface area contributed by atoms with Gasteiger partial charge in [0, 0.05) is 16.1 Å². The lowest BCUT2D eigenvalue weighted by atomic mass is 10.0. The summed E-state index contributed by atoms with van der Waals surface area (Å²) in [5.74, 6) is 0.902. The third kappa shape index (κ3) is 2.78. The second-order valence-corrected chi connectivity index (χ2v) is 6.57. The summed E-state index contributed by atoms with van der Waals surface area (Å²) in [6.07, 6.45) is 0.0587. The van der Waals surface area contributed by atoms with Crippen molar-refractivity contribution in [1.29, 1.82) is 0 Å². The number of hydrogen-bond acceptors (Lipinski definition) is 4. The zero-order valence-corrected chi connectivity index (χ0v) is 14.8. The van der Waals surface area contributed by atoms with Crippen LogP contribution in [0.2, 0.25) is 5.02 Å². The summed E-state index contributed by atoms with van der Waals surface area (Å²) in [4.78, 5) is 16.5. The smallest absolute Gasteiger partial charge is 0.220 e. The Bertz CT molecular complexity index is 1020. The van der Waals surface area contributed by atoms with Crippen LogP contribution in [0.25, 0.3) is 5.69 Å². The topological polar surface area (TPSA) is 86.2 Å². The van der Waals surface area contributed by atoms with Crippen LogP contribution >= 0.6 is 11.6 Å².